The van der Waals surface area contributed by atoms with Crippen molar-refractivity contribution in [2.45, 2.75) is 77.0 Å². The molecule has 19 heavy (non-hydrogen) atoms. The van der Waals surface area contributed by atoms with Gasteiger partial charge >= 0.3 is 0 Å². The molecule has 3 atom stereocenters. The largest absolute Gasteiger partial charge is 0.322 e. The summed E-state index contributed by atoms with van der Waals surface area (Å²) in [6.07, 6.45) is 8.31. The van der Waals surface area contributed by atoms with Gasteiger partial charge in [0, 0.05) is 11.8 Å². The summed E-state index contributed by atoms with van der Waals surface area (Å²) in [5.74, 6) is 2.78. The van der Waals surface area contributed by atoms with Crippen molar-refractivity contribution in [3.63, 3.8) is 0 Å². The fraction of sp³-hybridized carbons (Fsp3) is 0.933. The Morgan fingerprint density at radius 1 is 1.32 bits per heavy atom. The summed E-state index contributed by atoms with van der Waals surface area (Å²) in [4.78, 5) is 14.9. The molecule has 0 aromatic heterocycles. The molecule has 1 N–H and O–H groups in total. The number of nitrogens with zero attached hydrogens (tertiary/aromatic N) is 1. The van der Waals surface area contributed by atoms with Crippen LogP contribution >= 0.6 is 11.8 Å². The van der Waals surface area contributed by atoms with E-state index in [2.05, 4.69) is 24.1 Å². The SMILES string of the molecule is CCCCC1NC(CCC)N(C2CCCSC2)C1=O. The fourth-order valence-electron chi connectivity index (χ4n) is 3.21. The van der Waals surface area contributed by atoms with Gasteiger partial charge in [-0.1, -0.05) is 33.1 Å². The summed E-state index contributed by atoms with van der Waals surface area (Å²) in [5, 5.41) is 3.59. The lowest BCUT2D eigenvalue weighted by Crippen LogP contribution is -2.46. The highest BCUT2D eigenvalue weighted by atomic mass is 32.2. The van der Waals surface area contributed by atoms with Crippen LogP contribution in [0.15, 0.2) is 0 Å². The van der Waals surface area contributed by atoms with E-state index < -0.39 is 0 Å². The Balaban J connectivity index is 2.01. The molecule has 0 bridgehead atoms. The number of carbonyl (C=O) groups excluding carboxylic acids is 1. The molecule has 3 nitrogen and oxygen atoms in total. The predicted molar refractivity (Wildman–Crippen MR) is 82.3 cm³/mol. The quantitative estimate of drug-likeness (QED) is 0.814. The van der Waals surface area contributed by atoms with Crippen LogP contribution in [0.4, 0.5) is 0 Å². The number of rotatable bonds is 6. The molecule has 0 saturated carbocycles. The van der Waals surface area contributed by atoms with E-state index in [0.717, 1.165) is 31.4 Å². The minimum Gasteiger partial charge on any atom is -0.322 e. The molecule has 110 valence electrons. The van der Waals surface area contributed by atoms with Crippen molar-refractivity contribution in [2.24, 2.45) is 0 Å². The fourth-order valence-corrected chi connectivity index (χ4v) is 4.34. The second-order valence-electron chi connectivity index (χ2n) is 5.78. The predicted octanol–water partition coefficient (Wildman–Crippen LogP) is 3.00. The van der Waals surface area contributed by atoms with Crippen molar-refractivity contribution in [1.82, 2.24) is 10.2 Å². The Labute approximate surface area is 121 Å². The number of hydrogen-bond acceptors (Lipinski definition) is 3. The summed E-state index contributed by atoms with van der Waals surface area (Å²) in [6.45, 7) is 4.40. The van der Waals surface area contributed by atoms with Gasteiger partial charge in [-0.05, 0) is 31.4 Å². The number of unbranched alkanes of at least 4 members (excludes halogenated alkanes) is 1. The van der Waals surface area contributed by atoms with Gasteiger partial charge in [0.2, 0.25) is 5.91 Å². The van der Waals surface area contributed by atoms with Gasteiger partial charge in [-0.15, -0.1) is 0 Å². The minimum atomic E-state index is 0.0865. The van der Waals surface area contributed by atoms with Gasteiger partial charge in [0.1, 0.15) is 0 Å². The molecular weight excluding hydrogens is 256 g/mol. The molecule has 2 aliphatic rings. The van der Waals surface area contributed by atoms with Gasteiger partial charge in [-0.2, -0.15) is 11.8 Å². The Hall–Kier alpha value is -0.220. The third-order valence-corrected chi connectivity index (χ3v) is 5.42. The van der Waals surface area contributed by atoms with Crippen LogP contribution in [0.2, 0.25) is 0 Å². The van der Waals surface area contributed by atoms with Gasteiger partial charge in [0.25, 0.3) is 0 Å². The number of carbonyl (C=O) groups is 1. The van der Waals surface area contributed by atoms with E-state index in [1.54, 1.807) is 0 Å². The highest BCUT2D eigenvalue weighted by molar-refractivity contribution is 7.99. The van der Waals surface area contributed by atoms with Gasteiger partial charge in [0.15, 0.2) is 0 Å². The summed E-state index contributed by atoms with van der Waals surface area (Å²) in [6, 6.07) is 0.561. The van der Waals surface area contributed by atoms with Crippen LogP contribution in [0, 0.1) is 0 Å². The Morgan fingerprint density at radius 2 is 2.16 bits per heavy atom. The molecule has 2 heterocycles. The first-order chi connectivity index (χ1) is 9.27. The molecule has 0 aliphatic carbocycles. The van der Waals surface area contributed by atoms with Gasteiger partial charge in [-0.3, -0.25) is 10.1 Å². The highest BCUT2D eigenvalue weighted by Gasteiger charge is 2.41. The van der Waals surface area contributed by atoms with Crippen molar-refractivity contribution in [1.29, 1.82) is 0 Å². The average Bonchev–Trinajstić information content (AvgIpc) is 2.74. The standard InChI is InChI=1S/C15H28N2OS/c1-3-5-9-13-15(18)17(14(16-13)7-4-2)12-8-6-10-19-11-12/h12-14,16H,3-11H2,1-2H3. The average molecular weight is 284 g/mol. The Kier molecular flexibility index (Phi) is 6.02. The summed E-state index contributed by atoms with van der Waals surface area (Å²) in [7, 11) is 0. The third kappa shape index (κ3) is 3.66. The molecule has 2 rings (SSSR count). The maximum absolute atomic E-state index is 12.7. The first-order valence-corrected chi connectivity index (χ1v) is 9.09. The first kappa shape index (κ1) is 15.2. The third-order valence-electron chi connectivity index (χ3n) is 4.22. The van der Waals surface area contributed by atoms with Crippen LogP contribution in [-0.2, 0) is 4.79 Å². The second kappa shape index (κ2) is 7.53. The summed E-state index contributed by atoms with van der Waals surface area (Å²) in [5.41, 5.74) is 0. The van der Waals surface area contributed by atoms with Crippen LogP contribution < -0.4 is 5.32 Å². The van der Waals surface area contributed by atoms with E-state index in [-0.39, 0.29) is 6.04 Å². The first-order valence-electron chi connectivity index (χ1n) is 7.93. The zero-order valence-corrected chi connectivity index (χ0v) is 13.2. The lowest BCUT2D eigenvalue weighted by molar-refractivity contribution is -0.132. The Morgan fingerprint density at radius 3 is 2.79 bits per heavy atom. The number of thioether (sulfide) groups is 1. The molecule has 0 aromatic carbocycles. The van der Waals surface area contributed by atoms with E-state index in [4.69, 9.17) is 0 Å². The topological polar surface area (TPSA) is 32.3 Å². The smallest absolute Gasteiger partial charge is 0.241 e. The second-order valence-corrected chi connectivity index (χ2v) is 6.93. The van der Waals surface area contributed by atoms with Crippen LogP contribution in [0.25, 0.3) is 0 Å². The molecule has 2 fully saturated rings. The molecule has 1 amide bonds. The van der Waals surface area contributed by atoms with Crippen molar-refractivity contribution in [3.8, 4) is 0 Å². The maximum Gasteiger partial charge on any atom is 0.241 e. The van der Waals surface area contributed by atoms with Gasteiger partial charge in [-0.25, -0.2) is 0 Å². The van der Waals surface area contributed by atoms with Gasteiger partial charge < -0.3 is 4.90 Å². The molecule has 2 saturated heterocycles. The van der Waals surface area contributed by atoms with E-state index in [0.29, 0.717) is 18.1 Å². The summed E-state index contributed by atoms with van der Waals surface area (Å²) < 4.78 is 0. The minimum absolute atomic E-state index is 0.0865. The molecule has 3 unspecified atom stereocenters. The van der Waals surface area contributed by atoms with Crippen molar-refractivity contribution in [2.75, 3.05) is 11.5 Å². The Bertz CT molecular complexity index is 292. The van der Waals surface area contributed by atoms with Crippen LogP contribution in [0.1, 0.15) is 58.8 Å². The molecule has 2 aliphatic heterocycles. The van der Waals surface area contributed by atoms with E-state index in [9.17, 15) is 4.79 Å². The molecule has 4 heteroatoms. The normalized spacial score (nSPS) is 32.0. The molecule has 0 radical (unpaired) electrons. The maximum atomic E-state index is 12.7. The number of nitrogens with one attached hydrogen (secondary N) is 1. The van der Waals surface area contributed by atoms with Crippen molar-refractivity contribution >= 4 is 17.7 Å². The van der Waals surface area contributed by atoms with Gasteiger partial charge in [0.05, 0.1) is 12.2 Å². The summed E-state index contributed by atoms with van der Waals surface area (Å²) >= 11 is 2.01. The van der Waals surface area contributed by atoms with E-state index in [1.807, 2.05) is 11.8 Å². The van der Waals surface area contributed by atoms with Crippen LogP contribution in [0.5, 0.6) is 0 Å². The van der Waals surface area contributed by atoms with E-state index >= 15 is 0 Å². The van der Waals surface area contributed by atoms with Crippen molar-refractivity contribution < 1.29 is 4.79 Å². The zero-order valence-electron chi connectivity index (χ0n) is 12.4. The lowest BCUT2D eigenvalue weighted by atomic mass is 10.1. The lowest BCUT2D eigenvalue weighted by Gasteiger charge is -2.34. The molecular formula is C15H28N2OS. The monoisotopic (exact) mass is 284 g/mol. The van der Waals surface area contributed by atoms with E-state index in [1.165, 1.54) is 25.0 Å². The number of amides is 1. The molecule has 0 aromatic rings. The van der Waals surface area contributed by atoms with Crippen LogP contribution in [0.3, 0.4) is 0 Å². The van der Waals surface area contributed by atoms with Crippen LogP contribution in [-0.4, -0.2) is 40.6 Å². The molecule has 0 spiro atoms. The highest BCUT2D eigenvalue weighted by Crippen LogP contribution is 2.28. The number of hydrogen-bond donors (Lipinski definition) is 1. The zero-order chi connectivity index (χ0) is 13.7. The van der Waals surface area contributed by atoms with Crippen molar-refractivity contribution in [3.05, 3.63) is 0 Å².